The van der Waals surface area contributed by atoms with Crippen molar-refractivity contribution in [1.82, 2.24) is 9.97 Å². The molecule has 0 aliphatic heterocycles. The van der Waals surface area contributed by atoms with Crippen LogP contribution < -0.4 is 19.5 Å². The number of hydrogen-bond donors (Lipinski definition) is 2. The molecule has 3 rings (SSSR count). The summed E-state index contributed by atoms with van der Waals surface area (Å²) in [5.74, 6) is 1.32. The Morgan fingerprint density at radius 1 is 1.20 bits per heavy atom. The molecule has 10 heteroatoms. The number of aliphatic carboxylic acids is 1. The van der Waals surface area contributed by atoms with Crippen molar-refractivity contribution >= 4 is 38.3 Å². The van der Waals surface area contributed by atoms with Crippen molar-refractivity contribution in [2.24, 2.45) is 0 Å². The van der Waals surface area contributed by atoms with E-state index in [-0.39, 0.29) is 13.0 Å². The van der Waals surface area contributed by atoms with Gasteiger partial charge in [0.15, 0.2) is 17.3 Å². The summed E-state index contributed by atoms with van der Waals surface area (Å²) in [5, 5.41) is 13.3. The molecule has 0 bridgehead atoms. The van der Waals surface area contributed by atoms with E-state index in [1.807, 2.05) is 6.92 Å². The lowest BCUT2D eigenvalue weighted by Crippen LogP contribution is -2.09. The minimum absolute atomic E-state index is 0.0656. The van der Waals surface area contributed by atoms with Crippen molar-refractivity contribution < 1.29 is 24.1 Å². The summed E-state index contributed by atoms with van der Waals surface area (Å²) in [5.41, 5.74) is 1.39. The third kappa shape index (κ3) is 3.92. The van der Waals surface area contributed by atoms with E-state index in [4.69, 9.17) is 25.9 Å². The van der Waals surface area contributed by atoms with E-state index >= 15 is 0 Å². The van der Waals surface area contributed by atoms with E-state index in [1.54, 1.807) is 12.1 Å². The minimum Gasteiger partial charge on any atom is -0.493 e. The van der Waals surface area contributed by atoms with Gasteiger partial charge in [0, 0.05) is 17.5 Å². The summed E-state index contributed by atoms with van der Waals surface area (Å²) in [7, 11) is 4.57. The van der Waals surface area contributed by atoms with Crippen molar-refractivity contribution in [2.75, 3.05) is 33.2 Å². The molecule has 0 saturated heterocycles. The lowest BCUT2D eigenvalue weighted by molar-refractivity contribution is -0.136. The fourth-order valence-electron chi connectivity index (χ4n) is 2.99. The van der Waals surface area contributed by atoms with Gasteiger partial charge in [0.05, 0.1) is 34.3 Å². The maximum absolute atomic E-state index is 10.9. The van der Waals surface area contributed by atoms with Gasteiger partial charge in [-0.2, -0.15) is 0 Å². The van der Waals surface area contributed by atoms with Gasteiger partial charge in [-0.25, -0.2) is 14.8 Å². The first-order valence-electron chi connectivity index (χ1n) is 8.88. The van der Waals surface area contributed by atoms with Gasteiger partial charge in [-0.1, -0.05) is 0 Å². The third-order valence-electron chi connectivity index (χ3n) is 4.42. The average Bonchev–Trinajstić information content (AvgIpc) is 3.07. The summed E-state index contributed by atoms with van der Waals surface area (Å²) >= 11 is 1.27. The first-order chi connectivity index (χ1) is 14.4. The van der Waals surface area contributed by atoms with Crippen molar-refractivity contribution in [1.29, 1.82) is 0 Å². The Kier molecular flexibility index (Phi) is 6.23. The van der Waals surface area contributed by atoms with Crippen molar-refractivity contribution in [2.45, 2.75) is 13.3 Å². The number of nitrogens with zero attached hydrogens (tertiary/aromatic N) is 3. The topological polar surface area (TPSA) is 107 Å². The fraction of sp³-hybridized carbons (Fsp3) is 0.300. The quantitative estimate of drug-likeness (QED) is 0.516. The lowest BCUT2D eigenvalue weighted by atomic mass is 10.1. The molecule has 0 unspecified atom stereocenters. The van der Waals surface area contributed by atoms with E-state index in [1.165, 1.54) is 32.7 Å². The molecule has 9 nitrogen and oxygen atoms in total. The SMILES string of the molecule is [C-]#[N+]c1sc2nc(-c3cc(OC)c(OC)c(OC)c3)nc(NCCC(=O)O)c2c1C. The highest BCUT2D eigenvalue weighted by Crippen LogP contribution is 2.43. The monoisotopic (exact) mass is 428 g/mol. The van der Waals surface area contributed by atoms with Gasteiger partial charge in [0.1, 0.15) is 10.6 Å². The van der Waals surface area contributed by atoms with Crippen LogP contribution in [0.15, 0.2) is 12.1 Å². The standard InChI is InChI=1S/C20H20N4O5S/c1-10-15-18(22-7-6-14(25)26)23-17(24-20(15)30-19(10)21-2)11-8-12(27-3)16(29-5)13(9-11)28-4/h8-9H,6-7H2,1,3-5H3,(H,25,26)(H,22,23,24). The fourth-order valence-corrected chi connectivity index (χ4v) is 3.96. The Balaban J connectivity index is 2.19. The van der Waals surface area contributed by atoms with E-state index in [9.17, 15) is 4.79 Å². The van der Waals surface area contributed by atoms with Gasteiger partial charge in [-0.3, -0.25) is 4.79 Å². The van der Waals surface area contributed by atoms with Crippen molar-refractivity contribution in [3.05, 3.63) is 29.1 Å². The minimum atomic E-state index is -0.915. The second-order valence-corrected chi connectivity index (χ2v) is 7.18. The molecule has 2 heterocycles. The predicted octanol–water partition coefficient (Wildman–Crippen LogP) is 4.13. The maximum Gasteiger partial charge on any atom is 0.305 e. The lowest BCUT2D eigenvalue weighted by Gasteiger charge is -2.14. The van der Waals surface area contributed by atoms with Crippen LogP contribution in [0.1, 0.15) is 12.0 Å². The summed E-state index contributed by atoms with van der Waals surface area (Å²) in [4.78, 5) is 24.4. The van der Waals surface area contributed by atoms with Gasteiger partial charge in [-0.15, -0.1) is 11.3 Å². The number of anilines is 1. The molecule has 156 valence electrons. The number of ether oxygens (including phenoxy) is 3. The van der Waals surface area contributed by atoms with Crippen molar-refractivity contribution in [3.8, 4) is 28.6 Å². The highest BCUT2D eigenvalue weighted by Gasteiger charge is 2.20. The number of nitrogens with one attached hydrogen (secondary N) is 1. The molecular formula is C20H20N4O5S. The highest BCUT2D eigenvalue weighted by atomic mass is 32.1. The molecule has 2 aromatic heterocycles. The molecule has 0 fully saturated rings. The Morgan fingerprint density at radius 2 is 1.87 bits per heavy atom. The highest BCUT2D eigenvalue weighted by molar-refractivity contribution is 7.22. The zero-order valence-electron chi connectivity index (χ0n) is 16.9. The summed E-state index contributed by atoms with van der Waals surface area (Å²) in [6.07, 6.45) is -0.0656. The summed E-state index contributed by atoms with van der Waals surface area (Å²) in [6, 6.07) is 3.47. The maximum atomic E-state index is 10.9. The number of thiophene rings is 1. The Bertz CT molecular complexity index is 1130. The molecule has 0 radical (unpaired) electrons. The molecule has 0 spiro atoms. The van der Waals surface area contributed by atoms with Gasteiger partial charge < -0.3 is 24.6 Å². The molecule has 0 aliphatic carbocycles. The van der Waals surface area contributed by atoms with Crippen LogP contribution in [0, 0.1) is 13.5 Å². The summed E-state index contributed by atoms with van der Waals surface area (Å²) < 4.78 is 16.2. The van der Waals surface area contributed by atoms with Crippen molar-refractivity contribution in [3.63, 3.8) is 0 Å². The number of carbonyl (C=O) groups is 1. The van der Waals surface area contributed by atoms with Gasteiger partial charge in [0.2, 0.25) is 10.8 Å². The molecule has 3 aromatic rings. The van der Waals surface area contributed by atoms with Crippen LogP contribution in [-0.2, 0) is 4.79 Å². The van der Waals surface area contributed by atoms with Crippen LogP contribution in [0.3, 0.4) is 0 Å². The molecule has 0 saturated carbocycles. The van der Waals surface area contributed by atoms with E-state index in [0.717, 1.165) is 5.56 Å². The van der Waals surface area contributed by atoms with E-state index in [0.29, 0.717) is 49.7 Å². The second kappa shape index (κ2) is 8.84. The predicted molar refractivity (Wildman–Crippen MR) is 114 cm³/mol. The molecular weight excluding hydrogens is 408 g/mol. The number of aromatic nitrogens is 2. The van der Waals surface area contributed by atoms with Gasteiger partial charge in [0.25, 0.3) is 0 Å². The first-order valence-corrected chi connectivity index (χ1v) is 9.69. The number of methoxy groups -OCH3 is 3. The molecule has 0 aliphatic rings. The van der Waals surface area contributed by atoms with Gasteiger partial charge in [-0.05, 0) is 24.6 Å². The summed E-state index contributed by atoms with van der Waals surface area (Å²) in [6.45, 7) is 9.42. The molecule has 0 atom stereocenters. The van der Waals surface area contributed by atoms with E-state index in [2.05, 4.69) is 20.1 Å². The van der Waals surface area contributed by atoms with Crippen LogP contribution in [-0.4, -0.2) is 48.9 Å². The number of carboxylic acid groups (broad SMARTS) is 1. The second-order valence-electron chi connectivity index (χ2n) is 6.20. The number of hydrogen-bond acceptors (Lipinski definition) is 8. The third-order valence-corrected chi connectivity index (χ3v) is 5.50. The smallest absolute Gasteiger partial charge is 0.305 e. The number of rotatable bonds is 8. The largest absolute Gasteiger partial charge is 0.493 e. The zero-order chi connectivity index (χ0) is 21.8. The van der Waals surface area contributed by atoms with Gasteiger partial charge >= 0.3 is 5.97 Å². The normalized spacial score (nSPS) is 10.5. The zero-order valence-corrected chi connectivity index (χ0v) is 17.7. The van der Waals surface area contributed by atoms with Crippen LogP contribution in [0.2, 0.25) is 0 Å². The van der Waals surface area contributed by atoms with E-state index < -0.39 is 5.97 Å². The number of fused-ring (bicyclic) bond motifs is 1. The molecule has 2 N–H and O–H groups in total. The Morgan fingerprint density at radius 3 is 2.40 bits per heavy atom. The van der Waals surface area contributed by atoms with Crippen LogP contribution in [0.4, 0.5) is 10.8 Å². The molecule has 0 amide bonds. The number of aryl methyl sites for hydroxylation is 1. The number of carboxylic acids is 1. The molecule has 1 aromatic carbocycles. The van der Waals surface area contributed by atoms with Crippen LogP contribution in [0.5, 0.6) is 17.2 Å². The molecule has 30 heavy (non-hydrogen) atoms. The van der Waals surface area contributed by atoms with Crippen LogP contribution in [0.25, 0.3) is 26.4 Å². The number of benzene rings is 1. The first kappa shape index (κ1) is 21.1. The average molecular weight is 428 g/mol. The Labute approximate surface area is 177 Å². The van der Waals surface area contributed by atoms with Crippen LogP contribution >= 0.6 is 11.3 Å². The Hall–Kier alpha value is -3.58.